The van der Waals surface area contributed by atoms with E-state index in [0.29, 0.717) is 4.83 Å². The van der Waals surface area contributed by atoms with E-state index in [-0.39, 0.29) is 5.91 Å². The maximum absolute atomic E-state index is 12.5. The first-order valence-corrected chi connectivity index (χ1v) is 7.38. The van der Waals surface area contributed by atoms with Crippen LogP contribution in [0.15, 0.2) is 42.5 Å². The molecular weight excluding hydrogens is 302 g/mol. The maximum atomic E-state index is 12.5. The monoisotopic (exact) mass is 319 g/mol. The van der Waals surface area contributed by atoms with Gasteiger partial charge >= 0.3 is 0 Å². The van der Waals surface area contributed by atoms with E-state index in [9.17, 15) is 4.79 Å². The largest absolute Gasteiger partial charge is 0.342 e. The Morgan fingerprint density at radius 2 is 1.89 bits per heavy atom. The van der Waals surface area contributed by atoms with Crippen molar-refractivity contribution in [1.82, 2.24) is 4.90 Å². The van der Waals surface area contributed by atoms with Gasteiger partial charge in [0, 0.05) is 24.0 Å². The summed E-state index contributed by atoms with van der Waals surface area (Å²) in [5.41, 5.74) is 0.780. The van der Waals surface area contributed by atoms with Gasteiger partial charge in [-0.3, -0.25) is 4.79 Å². The number of amides is 1. The van der Waals surface area contributed by atoms with Crippen molar-refractivity contribution in [2.24, 2.45) is 0 Å². The third-order valence-electron chi connectivity index (χ3n) is 3.23. The van der Waals surface area contributed by atoms with Gasteiger partial charge in [0.25, 0.3) is 5.91 Å². The molecule has 2 aromatic carbocycles. The Labute approximate surface area is 122 Å². The van der Waals surface area contributed by atoms with E-state index < -0.39 is 0 Å². The van der Waals surface area contributed by atoms with Crippen LogP contribution in [-0.4, -0.2) is 29.2 Å². The Morgan fingerprint density at radius 1 is 1.21 bits per heavy atom. The summed E-state index contributed by atoms with van der Waals surface area (Å²) >= 11 is 3.51. The smallest absolute Gasteiger partial charge is 0.254 e. The van der Waals surface area contributed by atoms with Crippen LogP contribution in [0.3, 0.4) is 0 Å². The summed E-state index contributed by atoms with van der Waals surface area (Å²) < 4.78 is 0. The molecule has 0 aromatic heterocycles. The second-order valence-electron chi connectivity index (χ2n) is 4.82. The zero-order valence-electron chi connectivity index (χ0n) is 11.3. The Balaban J connectivity index is 2.26. The van der Waals surface area contributed by atoms with Crippen LogP contribution in [-0.2, 0) is 0 Å². The highest BCUT2D eigenvalue weighted by atomic mass is 79.9. The molecule has 0 bridgehead atoms. The molecule has 0 aliphatic carbocycles. The van der Waals surface area contributed by atoms with Gasteiger partial charge in [-0.25, -0.2) is 0 Å². The van der Waals surface area contributed by atoms with Crippen LogP contribution in [0.4, 0.5) is 0 Å². The van der Waals surface area contributed by atoms with Gasteiger partial charge in [-0.1, -0.05) is 59.3 Å². The number of halogens is 1. The number of carbonyl (C=O) groups is 1. The summed E-state index contributed by atoms with van der Waals surface area (Å²) in [5, 5.41) is 2.13. The number of benzene rings is 2. The first-order chi connectivity index (χ1) is 9.09. The second-order valence-corrected chi connectivity index (χ2v) is 6.39. The van der Waals surface area contributed by atoms with E-state index in [1.807, 2.05) is 49.5 Å². The lowest BCUT2D eigenvalue weighted by Crippen LogP contribution is -2.28. The highest BCUT2D eigenvalue weighted by molar-refractivity contribution is 9.09. The van der Waals surface area contributed by atoms with Gasteiger partial charge in [0.1, 0.15) is 0 Å². The molecule has 1 atom stereocenters. The molecule has 0 radical (unpaired) electrons. The fourth-order valence-corrected chi connectivity index (χ4v) is 2.30. The van der Waals surface area contributed by atoms with E-state index in [1.54, 1.807) is 4.90 Å². The molecule has 0 saturated heterocycles. The predicted molar refractivity (Wildman–Crippen MR) is 83.9 cm³/mol. The summed E-state index contributed by atoms with van der Waals surface area (Å²) in [5.74, 6) is 0.0879. The molecule has 0 aliphatic heterocycles. The fraction of sp³-hybridized carbons (Fsp3) is 0.312. The highest BCUT2D eigenvalue weighted by Crippen LogP contribution is 2.20. The van der Waals surface area contributed by atoms with Crippen LogP contribution in [0, 0.1) is 0 Å². The van der Waals surface area contributed by atoms with Crippen molar-refractivity contribution in [3.63, 3.8) is 0 Å². The number of nitrogens with zero attached hydrogens (tertiary/aromatic N) is 1. The van der Waals surface area contributed by atoms with Crippen LogP contribution in [0.5, 0.6) is 0 Å². The van der Waals surface area contributed by atoms with Gasteiger partial charge in [0.2, 0.25) is 0 Å². The number of rotatable bonds is 4. The van der Waals surface area contributed by atoms with Gasteiger partial charge in [-0.2, -0.15) is 0 Å². The molecule has 2 aromatic rings. The predicted octanol–water partition coefficient (Wildman–Crippen LogP) is 4.09. The molecule has 100 valence electrons. The zero-order valence-corrected chi connectivity index (χ0v) is 12.9. The molecule has 0 N–H and O–H groups in total. The minimum absolute atomic E-state index is 0.0879. The van der Waals surface area contributed by atoms with Crippen molar-refractivity contribution in [3.05, 3.63) is 48.0 Å². The average Bonchev–Trinajstić information content (AvgIpc) is 2.43. The quantitative estimate of drug-likeness (QED) is 0.777. The normalized spacial score (nSPS) is 12.4. The van der Waals surface area contributed by atoms with Crippen molar-refractivity contribution >= 4 is 32.6 Å². The average molecular weight is 320 g/mol. The summed E-state index contributed by atoms with van der Waals surface area (Å²) in [7, 11) is 1.86. The van der Waals surface area contributed by atoms with Crippen LogP contribution < -0.4 is 0 Å². The third-order valence-corrected chi connectivity index (χ3v) is 3.69. The van der Waals surface area contributed by atoms with Gasteiger partial charge < -0.3 is 4.90 Å². The number of fused-ring (bicyclic) bond motifs is 1. The third kappa shape index (κ3) is 3.35. The first kappa shape index (κ1) is 14.1. The molecule has 0 heterocycles. The summed E-state index contributed by atoms with van der Waals surface area (Å²) in [6, 6.07) is 13.9. The van der Waals surface area contributed by atoms with Crippen molar-refractivity contribution in [3.8, 4) is 0 Å². The van der Waals surface area contributed by atoms with Gasteiger partial charge in [0.15, 0.2) is 0 Å². The topological polar surface area (TPSA) is 20.3 Å². The van der Waals surface area contributed by atoms with E-state index in [0.717, 1.165) is 29.3 Å². The molecule has 1 amide bonds. The Hall–Kier alpha value is -1.35. The van der Waals surface area contributed by atoms with Crippen molar-refractivity contribution in [1.29, 1.82) is 0 Å². The lowest BCUT2D eigenvalue weighted by atomic mass is 10.0. The van der Waals surface area contributed by atoms with Crippen LogP contribution >= 0.6 is 15.9 Å². The Morgan fingerprint density at radius 3 is 2.63 bits per heavy atom. The van der Waals surface area contributed by atoms with E-state index in [2.05, 4.69) is 22.9 Å². The maximum Gasteiger partial charge on any atom is 0.254 e. The molecule has 0 spiro atoms. The summed E-state index contributed by atoms with van der Waals surface area (Å²) in [6.45, 7) is 2.85. The molecule has 19 heavy (non-hydrogen) atoms. The molecule has 2 nitrogen and oxygen atoms in total. The molecule has 1 unspecified atom stereocenters. The number of hydrogen-bond acceptors (Lipinski definition) is 1. The van der Waals surface area contributed by atoms with Gasteiger partial charge in [-0.05, 0) is 23.3 Å². The number of alkyl halides is 1. The zero-order chi connectivity index (χ0) is 13.8. The molecule has 0 saturated carbocycles. The molecule has 2 rings (SSSR count). The van der Waals surface area contributed by atoms with Crippen LogP contribution in [0.1, 0.15) is 23.7 Å². The van der Waals surface area contributed by atoms with Crippen molar-refractivity contribution in [2.45, 2.75) is 18.2 Å². The Bertz CT molecular complexity index is 574. The highest BCUT2D eigenvalue weighted by Gasteiger charge is 2.14. The fourth-order valence-electron chi connectivity index (χ4n) is 2.09. The SMILES string of the molecule is CC(Br)CCN(C)C(=O)c1cccc2ccccc12. The van der Waals surface area contributed by atoms with Gasteiger partial charge in [0.05, 0.1) is 0 Å². The van der Waals surface area contributed by atoms with Crippen molar-refractivity contribution in [2.75, 3.05) is 13.6 Å². The van der Waals surface area contributed by atoms with E-state index >= 15 is 0 Å². The first-order valence-electron chi connectivity index (χ1n) is 6.47. The molecule has 0 fully saturated rings. The number of hydrogen-bond donors (Lipinski definition) is 0. The molecule has 3 heteroatoms. The lowest BCUT2D eigenvalue weighted by Gasteiger charge is -2.19. The Kier molecular flexibility index (Phi) is 4.59. The summed E-state index contributed by atoms with van der Waals surface area (Å²) in [6.07, 6.45) is 0.951. The van der Waals surface area contributed by atoms with Crippen molar-refractivity contribution < 1.29 is 4.79 Å². The minimum Gasteiger partial charge on any atom is -0.342 e. The standard InChI is InChI=1S/C16H18BrNO/c1-12(17)10-11-18(2)16(19)15-9-5-7-13-6-3-4-8-14(13)15/h3-9,12H,10-11H2,1-2H3. The van der Waals surface area contributed by atoms with Gasteiger partial charge in [-0.15, -0.1) is 0 Å². The molecule has 0 aliphatic rings. The second kappa shape index (κ2) is 6.20. The van der Waals surface area contributed by atoms with Crippen LogP contribution in [0.2, 0.25) is 0 Å². The number of carbonyl (C=O) groups excluding carboxylic acids is 1. The van der Waals surface area contributed by atoms with E-state index in [1.165, 1.54) is 0 Å². The molecular formula is C16H18BrNO. The lowest BCUT2D eigenvalue weighted by molar-refractivity contribution is 0.0796. The van der Waals surface area contributed by atoms with Crippen LogP contribution in [0.25, 0.3) is 10.8 Å². The van der Waals surface area contributed by atoms with E-state index in [4.69, 9.17) is 0 Å². The summed E-state index contributed by atoms with van der Waals surface area (Å²) in [4.78, 5) is 14.7. The minimum atomic E-state index is 0.0879.